The lowest BCUT2D eigenvalue weighted by Crippen LogP contribution is -2.29. The van der Waals surface area contributed by atoms with Crippen LogP contribution in [-0.4, -0.2) is 24.3 Å². The van der Waals surface area contributed by atoms with Crippen LogP contribution in [0, 0.1) is 6.92 Å². The van der Waals surface area contributed by atoms with Gasteiger partial charge in [-0.1, -0.05) is 60.2 Å². The summed E-state index contributed by atoms with van der Waals surface area (Å²) in [7, 11) is 1.58. The lowest BCUT2D eigenvalue weighted by atomic mass is 10.0. The van der Waals surface area contributed by atoms with E-state index in [0.29, 0.717) is 11.5 Å². The zero-order valence-electron chi connectivity index (χ0n) is 15.4. The average molecular weight is 362 g/mol. The molecule has 0 heterocycles. The van der Waals surface area contributed by atoms with Crippen LogP contribution in [0.5, 0.6) is 11.5 Å². The molecule has 3 aromatic rings. The van der Waals surface area contributed by atoms with Gasteiger partial charge in [-0.25, -0.2) is 4.79 Å². The fraction of sp³-hybridized carbons (Fsp3) is 0.174. The van der Waals surface area contributed by atoms with Gasteiger partial charge < -0.3 is 14.6 Å². The molecule has 0 aliphatic heterocycles. The van der Waals surface area contributed by atoms with Crippen LogP contribution in [0.15, 0.2) is 72.8 Å². The maximum atomic E-state index is 11.7. The van der Waals surface area contributed by atoms with Crippen LogP contribution in [-0.2, 0) is 11.2 Å². The molecule has 1 atom stereocenters. The molecule has 0 aliphatic carbocycles. The van der Waals surface area contributed by atoms with Crippen LogP contribution < -0.4 is 9.47 Å². The van der Waals surface area contributed by atoms with Gasteiger partial charge in [0.1, 0.15) is 11.5 Å². The molecule has 0 amide bonds. The lowest BCUT2D eigenvalue weighted by molar-refractivity contribution is -0.145. The molecule has 4 heteroatoms. The highest BCUT2D eigenvalue weighted by atomic mass is 16.5. The lowest BCUT2D eigenvalue weighted by Gasteiger charge is -2.17. The molecule has 1 N–H and O–H groups in total. The number of methoxy groups -OCH3 is 1. The van der Waals surface area contributed by atoms with Gasteiger partial charge in [0.05, 0.1) is 7.11 Å². The van der Waals surface area contributed by atoms with Crippen LogP contribution in [0.4, 0.5) is 0 Å². The summed E-state index contributed by atoms with van der Waals surface area (Å²) in [6, 6.07) is 23.1. The van der Waals surface area contributed by atoms with E-state index in [4.69, 9.17) is 9.47 Å². The third-order valence-electron chi connectivity index (χ3n) is 4.36. The zero-order chi connectivity index (χ0) is 19.2. The van der Waals surface area contributed by atoms with Crippen LogP contribution in [0.1, 0.15) is 11.1 Å². The molecule has 0 saturated carbocycles. The molecule has 27 heavy (non-hydrogen) atoms. The van der Waals surface area contributed by atoms with Crippen molar-refractivity contribution in [2.75, 3.05) is 7.11 Å². The summed E-state index contributed by atoms with van der Waals surface area (Å²) in [6.45, 7) is 1.96. The second kappa shape index (κ2) is 8.41. The van der Waals surface area contributed by atoms with Crippen molar-refractivity contribution < 1.29 is 19.4 Å². The van der Waals surface area contributed by atoms with Gasteiger partial charge >= 0.3 is 5.97 Å². The Morgan fingerprint density at radius 1 is 0.963 bits per heavy atom. The van der Waals surface area contributed by atoms with Gasteiger partial charge in [0.15, 0.2) is 6.10 Å². The first kappa shape index (κ1) is 18.5. The molecule has 0 fully saturated rings. The fourth-order valence-electron chi connectivity index (χ4n) is 2.97. The number of carbonyl (C=O) groups is 1. The summed E-state index contributed by atoms with van der Waals surface area (Å²) in [6.07, 6.45) is -0.774. The Kier molecular flexibility index (Phi) is 5.77. The Bertz CT molecular complexity index is 901. The van der Waals surface area contributed by atoms with Gasteiger partial charge in [-0.15, -0.1) is 0 Å². The first-order valence-electron chi connectivity index (χ1n) is 8.75. The molecule has 0 aliphatic rings. The van der Waals surface area contributed by atoms with Gasteiger partial charge in [-0.2, -0.15) is 0 Å². The van der Waals surface area contributed by atoms with Crippen molar-refractivity contribution in [2.24, 2.45) is 0 Å². The fourth-order valence-corrected chi connectivity index (χ4v) is 2.97. The van der Waals surface area contributed by atoms with Crippen LogP contribution in [0.25, 0.3) is 11.1 Å². The Morgan fingerprint density at radius 2 is 1.63 bits per heavy atom. The summed E-state index contributed by atoms with van der Waals surface area (Å²) >= 11 is 0. The predicted molar refractivity (Wildman–Crippen MR) is 105 cm³/mol. The molecule has 4 nitrogen and oxygen atoms in total. The summed E-state index contributed by atoms with van der Waals surface area (Å²) in [5.74, 6) is 0.175. The summed E-state index contributed by atoms with van der Waals surface area (Å²) < 4.78 is 11.1. The highest BCUT2D eigenvalue weighted by molar-refractivity contribution is 5.73. The molecule has 0 spiro atoms. The van der Waals surface area contributed by atoms with E-state index in [2.05, 4.69) is 0 Å². The number of carboxylic acids is 1. The molecular formula is C23H22O4. The van der Waals surface area contributed by atoms with E-state index >= 15 is 0 Å². The van der Waals surface area contributed by atoms with Crippen LogP contribution in [0.2, 0.25) is 0 Å². The number of aryl methyl sites for hydroxylation is 1. The van der Waals surface area contributed by atoms with E-state index in [1.807, 2.05) is 67.6 Å². The summed E-state index contributed by atoms with van der Waals surface area (Å²) in [5, 5.41) is 9.60. The van der Waals surface area contributed by atoms with Crippen molar-refractivity contribution >= 4 is 5.97 Å². The minimum absolute atomic E-state index is 0.223. The van der Waals surface area contributed by atoms with Gasteiger partial charge in [0.25, 0.3) is 0 Å². The molecule has 0 radical (unpaired) electrons. The van der Waals surface area contributed by atoms with Crippen molar-refractivity contribution in [1.29, 1.82) is 0 Å². The van der Waals surface area contributed by atoms with E-state index in [0.717, 1.165) is 22.3 Å². The summed E-state index contributed by atoms with van der Waals surface area (Å²) in [5.41, 5.74) is 4.01. The third-order valence-corrected chi connectivity index (χ3v) is 4.36. The van der Waals surface area contributed by atoms with Gasteiger partial charge in [0.2, 0.25) is 0 Å². The number of carboxylic acid groups (broad SMARTS) is 1. The molecule has 0 saturated heterocycles. The van der Waals surface area contributed by atoms with E-state index in [1.54, 1.807) is 19.2 Å². The number of hydrogen-bond acceptors (Lipinski definition) is 3. The first-order valence-corrected chi connectivity index (χ1v) is 8.75. The highest BCUT2D eigenvalue weighted by Gasteiger charge is 2.22. The molecule has 0 bridgehead atoms. The zero-order valence-corrected chi connectivity index (χ0v) is 15.4. The average Bonchev–Trinajstić information content (AvgIpc) is 2.69. The number of rotatable bonds is 7. The SMILES string of the molecule is COc1ccc(C)cc1C[C@@H](Oc1ccc(-c2ccccc2)cc1)C(=O)O. The topological polar surface area (TPSA) is 55.8 Å². The van der Waals surface area contributed by atoms with E-state index in [1.165, 1.54) is 0 Å². The third kappa shape index (κ3) is 4.67. The monoisotopic (exact) mass is 362 g/mol. The standard InChI is InChI=1S/C23H22O4/c1-16-8-13-21(26-2)19(14-16)15-22(23(24)25)27-20-11-9-18(10-12-20)17-6-4-3-5-7-17/h3-14,22H,15H2,1-2H3,(H,24,25)/t22-/m1/s1. The van der Waals surface area contributed by atoms with Gasteiger partial charge in [0, 0.05) is 6.42 Å². The molecule has 138 valence electrons. The minimum atomic E-state index is -1.01. The minimum Gasteiger partial charge on any atom is -0.496 e. The summed E-state index contributed by atoms with van der Waals surface area (Å²) in [4.78, 5) is 11.7. The molecule has 3 aromatic carbocycles. The van der Waals surface area contributed by atoms with Crippen LogP contribution >= 0.6 is 0 Å². The van der Waals surface area contributed by atoms with Crippen molar-refractivity contribution in [1.82, 2.24) is 0 Å². The molecule has 0 aromatic heterocycles. The van der Waals surface area contributed by atoms with Crippen LogP contribution in [0.3, 0.4) is 0 Å². The van der Waals surface area contributed by atoms with Crippen molar-refractivity contribution in [3.63, 3.8) is 0 Å². The second-order valence-electron chi connectivity index (χ2n) is 6.35. The van der Waals surface area contributed by atoms with E-state index in [-0.39, 0.29) is 6.42 Å². The van der Waals surface area contributed by atoms with E-state index < -0.39 is 12.1 Å². The highest BCUT2D eigenvalue weighted by Crippen LogP contribution is 2.25. The maximum Gasteiger partial charge on any atom is 0.345 e. The predicted octanol–water partition coefficient (Wildman–Crippen LogP) is 4.75. The number of benzene rings is 3. The smallest absolute Gasteiger partial charge is 0.345 e. The first-order chi connectivity index (χ1) is 13.1. The number of ether oxygens (including phenoxy) is 2. The Hall–Kier alpha value is -3.27. The Morgan fingerprint density at radius 3 is 2.26 bits per heavy atom. The normalized spacial score (nSPS) is 11.6. The number of hydrogen-bond donors (Lipinski definition) is 1. The largest absolute Gasteiger partial charge is 0.496 e. The van der Waals surface area contributed by atoms with E-state index in [9.17, 15) is 9.90 Å². The Labute approximate surface area is 159 Å². The molecule has 0 unspecified atom stereocenters. The second-order valence-corrected chi connectivity index (χ2v) is 6.35. The maximum absolute atomic E-state index is 11.7. The van der Waals surface area contributed by atoms with Crippen molar-refractivity contribution in [2.45, 2.75) is 19.4 Å². The Balaban J connectivity index is 1.77. The van der Waals surface area contributed by atoms with Gasteiger partial charge in [-0.3, -0.25) is 0 Å². The van der Waals surface area contributed by atoms with Gasteiger partial charge in [-0.05, 0) is 41.8 Å². The molecular weight excluding hydrogens is 340 g/mol. The van der Waals surface area contributed by atoms with Crippen molar-refractivity contribution in [3.8, 4) is 22.6 Å². The quantitative estimate of drug-likeness (QED) is 0.659. The van der Waals surface area contributed by atoms with Crippen molar-refractivity contribution in [3.05, 3.63) is 83.9 Å². The molecule has 3 rings (SSSR count). The number of aliphatic carboxylic acids is 1.